The van der Waals surface area contributed by atoms with Crippen molar-refractivity contribution in [3.8, 4) is 0 Å². The van der Waals surface area contributed by atoms with E-state index in [9.17, 15) is 19.8 Å². The predicted octanol–water partition coefficient (Wildman–Crippen LogP) is 6.01. The Bertz CT molecular complexity index is 1520. The Morgan fingerprint density at radius 1 is 0.978 bits per heavy atom. The summed E-state index contributed by atoms with van der Waals surface area (Å²) in [4.78, 5) is 31.1. The van der Waals surface area contributed by atoms with E-state index in [0.717, 1.165) is 36.8 Å². The maximum atomic E-state index is 14.1. The molecule has 2 fully saturated rings. The number of benzene rings is 2. The number of β-amino-alcohol motifs (C(OH)–C–C–N with tert-alkyl or cyclic N) is 1. The summed E-state index contributed by atoms with van der Waals surface area (Å²) >= 11 is 0. The van der Waals surface area contributed by atoms with Crippen molar-refractivity contribution in [3.63, 3.8) is 0 Å². The minimum Gasteiger partial charge on any atom is -0.459 e. The van der Waals surface area contributed by atoms with Gasteiger partial charge < -0.3 is 19.5 Å². The van der Waals surface area contributed by atoms with Crippen LogP contribution in [-0.2, 0) is 6.42 Å². The van der Waals surface area contributed by atoms with Crippen molar-refractivity contribution in [2.24, 2.45) is 5.41 Å². The van der Waals surface area contributed by atoms with Crippen LogP contribution < -0.4 is 0 Å². The number of allylic oxidation sites excluding steroid dienone is 2. The quantitative estimate of drug-likeness (QED) is 0.272. The molecule has 7 nitrogen and oxygen atoms in total. The summed E-state index contributed by atoms with van der Waals surface area (Å²) in [6.45, 7) is 7.42. The van der Waals surface area contributed by atoms with Crippen molar-refractivity contribution in [2.75, 3.05) is 32.7 Å². The maximum absolute atomic E-state index is 14.1. The Balaban J connectivity index is 1.31. The number of aliphatic hydroxyl groups is 2. The van der Waals surface area contributed by atoms with Crippen molar-refractivity contribution in [1.82, 2.24) is 9.80 Å². The van der Waals surface area contributed by atoms with Crippen LogP contribution in [0.15, 0.2) is 83.0 Å². The molecule has 7 rings (SSSR count). The molecule has 3 aromatic rings. The van der Waals surface area contributed by atoms with E-state index in [2.05, 4.69) is 37.0 Å². The lowest BCUT2D eigenvalue weighted by Gasteiger charge is -2.47. The molecule has 0 unspecified atom stereocenters. The standard InChI is InChI=1S/C38H46N2O5/c1-27-8-6-17-37(2)33(16-18-38(37,44)26-39-19-21-40(22-20-39)36(43)34-11-7-23-45-34)31-15-13-28(24-30(41)14-12-27)25-32(31)35(42)29-9-4-3-5-10-29/h3-5,7-11,13,15,23,25,30,33,41,44H,6,12,14,16-22,24,26H2,1-2H3/t30-,33-,37-,38+/m0/s1. The van der Waals surface area contributed by atoms with Gasteiger partial charge in [0.25, 0.3) is 5.91 Å². The average Bonchev–Trinajstić information content (AvgIpc) is 3.67. The molecule has 2 bridgehead atoms. The van der Waals surface area contributed by atoms with Crippen LogP contribution in [0.2, 0.25) is 0 Å². The summed E-state index contributed by atoms with van der Waals surface area (Å²) in [5, 5.41) is 23.5. The van der Waals surface area contributed by atoms with Gasteiger partial charge in [-0.2, -0.15) is 0 Å². The third kappa shape index (κ3) is 6.44. The van der Waals surface area contributed by atoms with E-state index in [1.165, 1.54) is 11.8 Å². The second-order valence-electron chi connectivity index (χ2n) is 13.7. The number of carbonyl (C=O) groups excluding carboxylic acids is 2. The molecule has 1 saturated carbocycles. The van der Waals surface area contributed by atoms with Gasteiger partial charge in [0.1, 0.15) is 0 Å². The van der Waals surface area contributed by atoms with Gasteiger partial charge in [-0.25, -0.2) is 0 Å². The third-order valence-electron chi connectivity index (χ3n) is 10.8. The van der Waals surface area contributed by atoms with E-state index in [1.54, 1.807) is 12.1 Å². The highest BCUT2D eigenvalue weighted by Crippen LogP contribution is 2.59. The Kier molecular flexibility index (Phi) is 9.14. The third-order valence-corrected chi connectivity index (χ3v) is 10.8. The normalized spacial score (nSPS) is 27.9. The number of rotatable bonds is 5. The van der Waals surface area contributed by atoms with Crippen LogP contribution in [-0.4, -0.2) is 76.1 Å². The number of aliphatic hydroxyl groups excluding tert-OH is 1. The van der Waals surface area contributed by atoms with E-state index in [-0.39, 0.29) is 17.6 Å². The van der Waals surface area contributed by atoms with Gasteiger partial charge in [0.05, 0.1) is 18.0 Å². The van der Waals surface area contributed by atoms with Gasteiger partial charge in [-0.05, 0) is 87.1 Å². The lowest BCUT2D eigenvalue weighted by atomic mass is 9.64. The summed E-state index contributed by atoms with van der Waals surface area (Å²) < 4.78 is 5.33. The summed E-state index contributed by atoms with van der Waals surface area (Å²) in [5.74, 6) is 0.242. The van der Waals surface area contributed by atoms with Crippen LogP contribution in [0.5, 0.6) is 0 Å². The zero-order valence-electron chi connectivity index (χ0n) is 26.6. The Hall–Kier alpha value is -3.52. The van der Waals surface area contributed by atoms with Crippen molar-refractivity contribution in [2.45, 2.75) is 76.4 Å². The largest absolute Gasteiger partial charge is 0.459 e. The molecule has 1 aromatic heterocycles. The fraction of sp³-hybridized carbons (Fsp3) is 0.474. The van der Waals surface area contributed by atoms with Crippen LogP contribution in [0.4, 0.5) is 0 Å². The Labute approximate surface area is 266 Å². The molecule has 7 heteroatoms. The summed E-state index contributed by atoms with van der Waals surface area (Å²) in [6, 6.07) is 19.0. The molecule has 238 valence electrons. The molecule has 4 atom stereocenters. The first-order valence-electron chi connectivity index (χ1n) is 16.5. The summed E-state index contributed by atoms with van der Waals surface area (Å²) in [5.41, 5.74) is 3.09. The van der Waals surface area contributed by atoms with Crippen molar-refractivity contribution in [1.29, 1.82) is 0 Å². The summed E-state index contributed by atoms with van der Waals surface area (Å²) in [6.07, 6.45) is 8.34. The van der Waals surface area contributed by atoms with Gasteiger partial charge in [0.2, 0.25) is 0 Å². The molecule has 0 spiro atoms. The second kappa shape index (κ2) is 13.1. The van der Waals surface area contributed by atoms with Gasteiger partial charge in [-0.3, -0.25) is 14.5 Å². The maximum Gasteiger partial charge on any atom is 0.289 e. The second-order valence-corrected chi connectivity index (χ2v) is 13.7. The number of fused-ring (bicyclic) bond motifs is 8. The topological polar surface area (TPSA) is 94.2 Å². The zero-order valence-corrected chi connectivity index (χ0v) is 26.6. The molecule has 2 aromatic carbocycles. The minimum atomic E-state index is -0.967. The number of amides is 1. The lowest BCUT2D eigenvalue weighted by Crippen LogP contribution is -2.57. The Morgan fingerprint density at radius 3 is 2.49 bits per heavy atom. The minimum absolute atomic E-state index is 0.0115. The highest BCUT2D eigenvalue weighted by Gasteiger charge is 2.57. The molecule has 1 amide bonds. The molecule has 2 heterocycles. The predicted molar refractivity (Wildman–Crippen MR) is 174 cm³/mol. The Morgan fingerprint density at radius 2 is 1.76 bits per heavy atom. The van der Waals surface area contributed by atoms with E-state index in [0.29, 0.717) is 68.9 Å². The van der Waals surface area contributed by atoms with Crippen LogP contribution in [0.1, 0.15) is 95.9 Å². The van der Waals surface area contributed by atoms with Crippen LogP contribution in [0.25, 0.3) is 0 Å². The number of ketones is 1. The molecular weight excluding hydrogens is 564 g/mol. The first-order valence-corrected chi connectivity index (χ1v) is 16.5. The van der Waals surface area contributed by atoms with Crippen LogP contribution in [0, 0.1) is 5.41 Å². The summed E-state index contributed by atoms with van der Waals surface area (Å²) in [7, 11) is 0. The number of furan rings is 1. The molecule has 1 aliphatic heterocycles. The van der Waals surface area contributed by atoms with Crippen molar-refractivity contribution in [3.05, 3.63) is 107 Å². The van der Waals surface area contributed by atoms with Gasteiger partial charge in [0.15, 0.2) is 11.5 Å². The van der Waals surface area contributed by atoms with Gasteiger partial charge in [0, 0.05) is 49.3 Å². The van der Waals surface area contributed by atoms with Gasteiger partial charge in [-0.1, -0.05) is 61.0 Å². The molecule has 2 N–H and O–H groups in total. The number of carbonyl (C=O) groups is 2. The SMILES string of the molecule is CC1=CCC[C@@]2(C)[C@@H](CC[C@@]2(O)CN2CCN(C(=O)c3ccco3)CC2)c2ccc(cc2C(=O)c2ccccc2)C[C@@H](O)CC1. The van der Waals surface area contributed by atoms with Gasteiger partial charge >= 0.3 is 0 Å². The first kappa shape index (κ1) is 31.5. The van der Waals surface area contributed by atoms with Gasteiger partial charge in [-0.15, -0.1) is 0 Å². The fourth-order valence-electron chi connectivity index (χ4n) is 7.98. The molecular formula is C38H46N2O5. The zero-order chi connectivity index (χ0) is 31.6. The number of hydrogen-bond acceptors (Lipinski definition) is 6. The smallest absolute Gasteiger partial charge is 0.289 e. The molecule has 45 heavy (non-hydrogen) atoms. The number of hydrogen-bond donors (Lipinski definition) is 2. The molecule has 3 aliphatic carbocycles. The van der Waals surface area contributed by atoms with Crippen molar-refractivity contribution >= 4 is 11.7 Å². The van der Waals surface area contributed by atoms with Crippen molar-refractivity contribution < 1.29 is 24.2 Å². The first-order chi connectivity index (χ1) is 21.7. The van der Waals surface area contributed by atoms with Crippen LogP contribution >= 0.6 is 0 Å². The number of piperazine rings is 1. The molecule has 1 saturated heterocycles. The monoisotopic (exact) mass is 610 g/mol. The van der Waals surface area contributed by atoms with E-state index in [1.807, 2.05) is 41.3 Å². The fourth-order valence-corrected chi connectivity index (χ4v) is 7.98. The average molecular weight is 611 g/mol. The highest BCUT2D eigenvalue weighted by molar-refractivity contribution is 6.10. The highest BCUT2D eigenvalue weighted by atomic mass is 16.3. The molecule has 4 aliphatic rings. The van der Waals surface area contributed by atoms with Crippen LogP contribution in [0.3, 0.4) is 0 Å². The van der Waals surface area contributed by atoms with E-state index >= 15 is 0 Å². The number of nitrogens with zero attached hydrogens (tertiary/aromatic N) is 2. The van der Waals surface area contributed by atoms with E-state index in [4.69, 9.17) is 4.42 Å². The van der Waals surface area contributed by atoms with E-state index < -0.39 is 17.1 Å². The molecule has 0 radical (unpaired) electrons. The lowest BCUT2D eigenvalue weighted by molar-refractivity contribution is -0.0876.